The highest BCUT2D eigenvalue weighted by atomic mass is 16.2. The molecule has 6 nitrogen and oxygen atoms in total. The summed E-state index contributed by atoms with van der Waals surface area (Å²) in [5.74, 6) is 0.271. The first-order valence-electron chi connectivity index (χ1n) is 7.76. The van der Waals surface area contributed by atoms with Gasteiger partial charge in [-0.3, -0.25) is 14.3 Å². The van der Waals surface area contributed by atoms with Crippen LogP contribution in [0.4, 0.5) is 0 Å². The number of benzene rings is 1. The number of rotatable bonds is 3. The second kappa shape index (κ2) is 6.14. The lowest BCUT2D eigenvalue weighted by molar-refractivity contribution is 0.320. The highest BCUT2D eigenvalue weighted by molar-refractivity contribution is 5.23. The van der Waals surface area contributed by atoms with Gasteiger partial charge in [-0.15, -0.1) is 0 Å². The Morgan fingerprint density at radius 2 is 1.83 bits per heavy atom. The van der Waals surface area contributed by atoms with Crippen LogP contribution in [0.3, 0.4) is 0 Å². The largest absolute Gasteiger partial charge is 0.330 e. The summed E-state index contributed by atoms with van der Waals surface area (Å²) < 4.78 is 2.60. The first-order chi connectivity index (χ1) is 11.0. The molecule has 1 saturated heterocycles. The highest BCUT2D eigenvalue weighted by Gasteiger charge is 2.31. The lowest BCUT2D eigenvalue weighted by atomic mass is 9.95. The van der Waals surface area contributed by atoms with Crippen molar-refractivity contribution in [2.45, 2.75) is 18.5 Å². The number of aromatic nitrogens is 2. The van der Waals surface area contributed by atoms with Gasteiger partial charge in [-0.2, -0.15) is 0 Å². The Labute approximate surface area is 134 Å². The molecule has 2 aromatic rings. The summed E-state index contributed by atoms with van der Waals surface area (Å²) >= 11 is 0. The lowest BCUT2D eigenvalue weighted by Gasteiger charge is -2.16. The van der Waals surface area contributed by atoms with Gasteiger partial charge in [-0.25, -0.2) is 4.79 Å². The molecule has 3 rings (SSSR count). The molecule has 2 N–H and O–H groups in total. The van der Waals surface area contributed by atoms with E-state index in [-0.39, 0.29) is 23.2 Å². The van der Waals surface area contributed by atoms with E-state index in [0.29, 0.717) is 12.1 Å². The standard InChI is InChI=1S/C17H22N4O2/c1-19-8-13(16(22)20(2)17(19)23)9-21-10-14(15(18)11-21)12-6-4-3-5-7-12/h3-8,14-15H,9-11,18H2,1-2H3/t14-,15+/m0/s1. The monoisotopic (exact) mass is 314 g/mol. The maximum Gasteiger partial charge on any atom is 0.330 e. The van der Waals surface area contributed by atoms with Crippen molar-refractivity contribution in [3.63, 3.8) is 0 Å². The van der Waals surface area contributed by atoms with Crippen LogP contribution in [0.2, 0.25) is 0 Å². The molecule has 0 spiro atoms. The molecule has 1 fully saturated rings. The third-order valence-corrected chi connectivity index (χ3v) is 4.58. The number of hydrogen-bond donors (Lipinski definition) is 1. The minimum Gasteiger partial charge on any atom is -0.326 e. The first kappa shape index (κ1) is 15.7. The molecule has 122 valence electrons. The zero-order valence-corrected chi connectivity index (χ0v) is 13.5. The average Bonchev–Trinajstić information content (AvgIpc) is 2.92. The van der Waals surface area contributed by atoms with Crippen molar-refractivity contribution >= 4 is 0 Å². The Morgan fingerprint density at radius 1 is 1.13 bits per heavy atom. The molecule has 0 unspecified atom stereocenters. The summed E-state index contributed by atoms with van der Waals surface area (Å²) in [5.41, 5.74) is 7.61. The van der Waals surface area contributed by atoms with Crippen LogP contribution in [0.1, 0.15) is 17.0 Å². The van der Waals surface area contributed by atoms with Crippen molar-refractivity contribution in [1.82, 2.24) is 14.0 Å². The number of hydrogen-bond acceptors (Lipinski definition) is 4. The molecule has 1 aliphatic heterocycles. The van der Waals surface area contributed by atoms with Gasteiger partial charge in [0.1, 0.15) is 0 Å². The van der Waals surface area contributed by atoms with Gasteiger partial charge in [0.05, 0.1) is 0 Å². The van der Waals surface area contributed by atoms with Crippen LogP contribution >= 0.6 is 0 Å². The van der Waals surface area contributed by atoms with Crippen molar-refractivity contribution < 1.29 is 0 Å². The predicted octanol–water partition coefficient (Wildman–Crippen LogP) is 0.0107. The predicted molar refractivity (Wildman–Crippen MR) is 89.4 cm³/mol. The molecule has 0 radical (unpaired) electrons. The van der Waals surface area contributed by atoms with E-state index < -0.39 is 0 Å². The smallest absolute Gasteiger partial charge is 0.326 e. The second-order valence-corrected chi connectivity index (χ2v) is 6.29. The number of likely N-dealkylation sites (tertiary alicyclic amines) is 1. The Hall–Kier alpha value is -2.18. The van der Waals surface area contributed by atoms with Crippen LogP contribution in [0, 0.1) is 0 Å². The van der Waals surface area contributed by atoms with Crippen LogP contribution in [-0.2, 0) is 20.6 Å². The third kappa shape index (κ3) is 3.00. The molecule has 0 bridgehead atoms. The summed E-state index contributed by atoms with van der Waals surface area (Å²) in [6.45, 7) is 2.07. The summed E-state index contributed by atoms with van der Waals surface area (Å²) in [5, 5.41) is 0. The van der Waals surface area contributed by atoms with Crippen LogP contribution < -0.4 is 17.0 Å². The van der Waals surface area contributed by atoms with Crippen LogP contribution in [0.5, 0.6) is 0 Å². The lowest BCUT2D eigenvalue weighted by Crippen LogP contribution is -2.40. The van der Waals surface area contributed by atoms with Crippen LogP contribution in [-0.4, -0.2) is 33.2 Å². The van der Waals surface area contributed by atoms with Crippen molar-refractivity contribution in [2.75, 3.05) is 13.1 Å². The van der Waals surface area contributed by atoms with Gasteiger partial charge >= 0.3 is 5.69 Å². The minimum absolute atomic E-state index is 0.0498. The molecule has 6 heteroatoms. The van der Waals surface area contributed by atoms with Gasteiger partial charge in [0.25, 0.3) is 5.56 Å². The van der Waals surface area contributed by atoms with Gasteiger partial charge < -0.3 is 10.3 Å². The zero-order chi connectivity index (χ0) is 16.6. The summed E-state index contributed by atoms with van der Waals surface area (Å²) in [4.78, 5) is 26.2. The maximum atomic E-state index is 12.3. The molecule has 0 aliphatic carbocycles. The van der Waals surface area contributed by atoms with E-state index in [9.17, 15) is 9.59 Å². The molecular formula is C17H22N4O2. The Bertz CT molecular complexity index is 810. The Kier molecular flexibility index (Phi) is 4.19. The first-order valence-corrected chi connectivity index (χ1v) is 7.76. The Morgan fingerprint density at radius 3 is 2.52 bits per heavy atom. The van der Waals surface area contributed by atoms with E-state index in [1.807, 2.05) is 18.2 Å². The summed E-state index contributed by atoms with van der Waals surface area (Å²) in [6, 6.07) is 10.3. The van der Waals surface area contributed by atoms with Crippen molar-refractivity contribution in [2.24, 2.45) is 19.8 Å². The number of aryl methyl sites for hydroxylation is 1. The van der Waals surface area contributed by atoms with E-state index in [2.05, 4.69) is 17.0 Å². The normalized spacial score (nSPS) is 21.7. The molecule has 1 aromatic heterocycles. The van der Waals surface area contributed by atoms with Crippen LogP contribution in [0.15, 0.2) is 46.1 Å². The topological polar surface area (TPSA) is 73.3 Å². The van der Waals surface area contributed by atoms with Crippen molar-refractivity contribution in [1.29, 1.82) is 0 Å². The molecule has 1 aromatic carbocycles. The van der Waals surface area contributed by atoms with Crippen LogP contribution in [0.25, 0.3) is 0 Å². The quantitative estimate of drug-likeness (QED) is 0.866. The van der Waals surface area contributed by atoms with Gasteiger partial charge in [0.15, 0.2) is 0 Å². The molecule has 0 saturated carbocycles. The molecule has 2 heterocycles. The summed E-state index contributed by atoms with van der Waals surface area (Å²) in [7, 11) is 3.17. The summed E-state index contributed by atoms with van der Waals surface area (Å²) in [6.07, 6.45) is 1.63. The fourth-order valence-corrected chi connectivity index (χ4v) is 3.33. The van der Waals surface area contributed by atoms with E-state index in [1.54, 1.807) is 13.2 Å². The average molecular weight is 314 g/mol. The molecule has 0 amide bonds. The van der Waals surface area contributed by atoms with Gasteiger partial charge in [0.2, 0.25) is 0 Å². The van der Waals surface area contributed by atoms with Gasteiger partial charge in [-0.1, -0.05) is 30.3 Å². The Balaban J connectivity index is 1.81. The van der Waals surface area contributed by atoms with Gasteiger partial charge in [-0.05, 0) is 5.56 Å². The van der Waals surface area contributed by atoms with E-state index in [1.165, 1.54) is 17.2 Å². The molecule has 2 atom stereocenters. The number of nitrogens with two attached hydrogens (primary N) is 1. The molecule has 23 heavy (non-hydrogen) atoms. The third-order valence-electron chi connectivity index (χ3n) is 4.58. The fourth-order valence-electron chi connectivity index (χ4n) is 3.33. The zero-order valence-electron chi connectivity index (χ0n) is 13.5. The molecular weight excluding hydrogens is 292 g/mol. The van der Waals surface area contributed by atoms with E-state index in [0.717, 1.165) is 17.7 Å². The number of nitrogens with zero attached hydrogens (tertiary/aromatic N) is 3. The SMILES string of the molecule is Cn1cc(CN2C[C@@H](N)[C@H](c3ccccc3)C2)c(=O)n(C)c1=O. The van der Waals surface area contributed by atoms with Crippen molar-refractivity contribution in [3.8, 4) is 0 Å². The minimum atomic E-state index is -0.306. The van der Waals surface area contributed by atoms with Gasteiger partial charge in [0, 0.05) is 57.4 Å². The fraction of sp³-hybridized carbons (Fsp3) is 0.412. The van der Waals surface area contributed by atoms with E-state index >= 15 is 0 Å². The van der Waals surface area contributed by atoms with E-state index in [4.69, 9.17) is 5.73 Å². The highest BCUT2D eigenvalue weighted by Crippen LogP contribution is 2.26. The molecule has 1 aliphatic rings. The van der Waals surface area contributed by atoms with Crippen molar-refractivity contribution in [3.05, 3.63) is 68.5 Å². The maximum absolute atomic E-state index is 12.3. The second-order valence-electron chi connectivity index (χ2n) is 6.29.